The van der Waals surface area contributed by atoms with Crippen LogP contribution in [0.3, 0.4) is 0 Å². The third-order valence-electron chi connectivity index (χ3n) is 4.40. The van der Waals surface area contributed by atoms with E-state index in [0.29, 0.717) is 23.7 Å². The first-order chi connectivity index (χ1) is 12.4. The van der Waals surface area contributed by atoms with Gasteiger partial charge in [-0.3, -0.25) is 4.79 Å². The minimum Gasteiger partial charge on any atom is -0.459 e. The molecule has 0 bridgehead atoms. The number of esters is 1. The smallest absolute Gasteiger partial charge is 0.329 e. The lowest BCUT2D eigenvalue weighted by molar-refractivity contribution is -0.154. The first-order valence-corrected chi connectivity index (χ1v) is 8.93. The largest absolute Gasteiger partial charge is 0.459 e. The van der Waals surface area contributed by atoms with Crippen molar-refractivity contribution in [2.45, 2.75) is 39.3 Å². The second kappa shape index (κ2) is 7.91. The Morgan fingerprint density at radius 2 is 2.08 bits per heavy atom. The summed E-state index contributed by atoms with van der Waals surface area (Å²) < 4.78 is 10.5. The van der Waals surface area contributed by atoms with Crippen LogP contribution in [-0.2, 0) is 27.4 Å². The van der Waals surface area contributed by atoms with E-state index in [9.17, 15) is 9.59 Å². The van der Waals surface area contributed by atoms with E-state index in [4.69, 9.17) is 20.9 Å². The van der Waals surface area contributed by atoms with Crippen LogP contribution >= 0.6 is 11.6 Å². The first-order valence-electron chi connectivity index (χ1n) is 8.55. The number of carbonyl (C=O) groups excluding carboxylic acids is 2. The molecule has 1 fully saturated rings. The van der Waals surface area contributed by atoms with Gasteiger partial charge in [0.15, 0.2) is 0 Å². The van der Waals surface area contributed by atoms with Gasteiger partial charge < -0.3 is 14.2 Å². The first kappa shape index (κ1) is 18.5. The number of benzene rings is 1. The average molecular weight is 377 g/mol. The summed E-state index contributed by atoms with van der Waals surface area (Å²) in [7, 11) is 0. The van der Waals surface area contributed by atoms with Gasteiger partial charge in [-0.25, -0.2) is 4.79 Å². The van der Waals surface area contributed by atoms with E-state index < -0.39 is 6.04 Å². The molecule has 0 spiro atoms. The number of hydrogen-bond donors (Lipinski definition) is 0. The van der Waals surface area contributed by atoms with E-state index in [1.54, 1.807) is 30.0 Å². The molecular formula is C19H21ClN2O4. The monoisotopic (exact) mass is 376 g/mol. The number of likely N-dealkylation sites (tertiary alicyclic amines) is 1. The molecule has 1 saturated heterocycles. The third-order valence-corrected chi connectivity index (χ3v) is 4.65. The second-order valence-corrected chi connectivity index (χ2v) is 7.18. The number of aryl methyl sites for hydroxylation is 1. The normalized spacial score (nSPS) is 19.6. The van der Waals surface area contributed by atoms with Gasteiger partial charge in [-0.15, -0.1) is 0 Å². The average Bonchev–Trinajstić information content (AvgIpc) is 3.19. The molecule has 1 unspecified atom stereocenters. The highest BCUT2D eigenvalue weighted by molar-refractivity contribution is 6.30. The van der Waals surface area contributed by atoms with Crippen molar-refractivity contribution in [2.24, 2.45) is 5.92 Å². The lowest BCUT2D eigenvalue weighted by atomic mass is 10.1. The highest BCUT2D eigenvalue weighted by Gasteiger charge is 2.39. The fraction of sp³-hybridized carbons (Fsp3) is 0.421. The molecule has 2 aromatic rings. The highest BCUT2D eigenvalue weighted by atomic mass is 35.5. The van der Waals surface area contributed by atoms with Crippen LogP contribution in [0.25, 0.3) is 0 Å². The Bertz CT molecular complexity index is 787. The summed E-state index contributed by atoms with van der Waals surface area (Å²) in [6.45, 7) is 4.51. The fourth-order valence-corrected chi connectivity index (χ4v) is 3.25. The number of ether oxygens (including phenoxy) is 1. The topological polar surface area (TPSA) is 72.6 Å². The van der Waals surface area contributed by atoms with Gasteiger partial charge in [-0.1, -0.05) is 35.8 Å². The van der Waals surface area contributed by atoms with Crippen LogP contribution in [0, 0.1) is 12.8 Å². The van der Waals surface area contributed by atoms with Crippen molar-refractivity contribution in [1.29, 1.82) is 0 Å². The molecule has 1 aliphatic rings. The van der Waals surface area contributed by atoms with Crippen LogP contribution in [0.4, 0.5) is 0 Å². The molecule has 2 atom stereocenters. The molecule has 26 heavy (non-hydrogen) atoms. The second-order valence-electron chi connectivity index (χ2n) is 6.75. The van der Waals surface area contributed by atoms with Crippen LogP contribution in [-0.4, -0.2) is 34.5 Å². The quantitative estimate of drug-likeness (QED) is 0.749. The van der Waals surface area contributed by atoms with Gasteiger partial charge in [0.1, 0.15) is 18.4 Å². The summed E-state index contributed by atoms with van der Waals surface area (Å²) in [5.41, 5.74) is 1.57. The minimum atomic E-state index is -0.561. The van der Waals surface area contributed by atoms with Gasteiger partial charge in [0.05, 0.1) is 12.1 Å². The lowest BCUT2D eigenvalue weighted by Crippen LogP contribution is -2.42. The van der Waals surface area contributed by atoms with Gasteiger partial charge >= 0.3 is 5.97 Å². The number of amides is 1. The van der Waals surface area contributed by atoms with E-state index >= 15 is 0 Å². The molecule has 0 aliphatic carbocycles. The molecule has 1 aromatic carbocycles. The number of aromatic nitrogens is 1. The van der Waals surface area contributed by atoms with E-state index in [0.717, 1.165) is 11.3 Å². The van der Waals surface area contributed by atoms with Crippen molar-refractivity contribution in [3.8, 4) is 0 Å². The predicted molar refractivity (Wildman–Crippen MR) is 95.5 cm³/mol. The number of carbonyl (C=O) groups is 2. The van der Waals surface area contributed by atoms with Gasteiger partial charge in [-0.05, 0) is 37.0 Å². The number of nitrogens with zero attached hydrogens (tertiary/aromatic N) is 2. The summed E-state index contributed by atoms with van der Waals surface area (Å²) in [6.07, 6.45) is 0.690. The molecule has 0 N–H and O–H groups in total. The van der Waals surface area contributed by atoms with E-state index in [2.05, 4.69) is 5.16 Å². The van der Waals surface area contributed by atoms with E-state index in [1.165, 1.54) is 0 Å². The molecular weight excluding hydrogens is 356 g/mol. The van der Waals surface area contributed by atoms with Crippen molar-refractivity contribution in [3.63, 3.8) is 0 Å². The summed E-state index contributed by atoms with van der Waals surface area (Å²) in [4.78, 5) is 26.7. The molecule has 2 heterocycles. The Hall–Kier alpha value is -2.34. The van der Waals surface area contributed by atoms with Crippen molar-refractivity contribution >= 4 is 23.5 Å². The molecule has 3 rings (SSSR count). The Kier molecular flexibility index (Phi) is 5.61. The Labute approximate surface area is 157 Å². The van der Waals surface area contributed by atoms with Gasteiger partial charge in [0, 0.05) is 17.6 Å². The Morgan fingerprint density at radius 1 is 1.35 bits per heavy atom. The number of rotatable bonds is 5. The van der Waals surface area contributed by atoms with Crippen LogP contribution < -0.4 is 0 Å². The zero-order chi connectivity index (χ0) is 18.7. The molecule has 6 nitrogen and oxygen atoms in total. The van der Waals surface area contributed by atoms with Crippen LogP contribution in [0.2, 0.25) is 5.02 Å². The number of halogens is 1. The maximum Gasteiger partial charge on any atom is 0.329 e. The highest BCUT2D eigenvalue weighted by Crippen LogP contribution is 2.25. The summed E-state index contributed by atoms with van der Waals surface area (Å²) in [6, 6.07) is 8.28. The van der Waals surface area contributed by atoms with E-state index in [1.807, 2.05) is 19.1 Å². The fourth-order valence-electron chi connectivity index (χ4n) is 3.13. The summed E-state index contributed by atoms with van der Waals surface area (Å²) in [5, 5.41) is 4.42. The minimum absolute atomic E-state index is 0.0918. The third kappa shape index (κ3) is 4.43. The standard InChI is InChI=1S/C19H21ClN2O4/c1-12-7-17(19(24)25-11-14-3-5-15(20)6-4-14)22(10-12)18(23)9-16-8-13(2)21-26-16/h3-6,8,12,17H,7,9-11H2,1-2H3/t12?,17-/m0/s1. The molecule has 1 aliphatic heterocycles. The van der Waals surface area contributed by atoms with Crippen LogP contribution in [0.1, 0.15) is 30.4 Å². The molecule has 0 saturated carbocycles. The van der Waals surface area contributed by atoms with Gasteiger partial charge in [0.25, 0.3) is 0 Å². The lowest BCUT2D eigenvalue weighted by Gasteiger charge is -2.23. The maximum atomic E-state index is 12.6. The molecule has 138 valence electrons. The Balaban J connectivity index is 1.61. The van der Waals surface area contributed by atoms with Crippen molar-refractivity contribution in [2.75, 3.05) is 6.54 Å². The van der Waals surface area contributed by atoms with Crippen molar-refractivity contribution in [1.82, 2.24) is 10.1 Å². The summed E-state index contributed by atoms with van der Waals surface area (Å²) in [5.74, 6) is 0.203. The molecule has 1 amide bonds. The van der Waals surface area contributed by atoms with Crippen LogP contribution in [0.15, 0.2) is 34.9 Å². The maximum absolute atomic E-state index is 12.6. The summed E-state index contributed by atoms with van der Waals surface area (Å²) >= 11 is 5.85. The van der Waals surface area contributed by atoms with Crippen LogP contribution in [0.5, 0.6) is 0 Å². The Morgan fingerprint density at radius 3 is 2.73 bits per heavy atom. The predicted octanol–water partition coefficient (Wildman–Crippen LogP) is 3.16. The van der Waals surface area contributed by atoms with Gasteiger partial charge in [0.2, 0.25) is 5.91 Å². The molecule has 0 radical (unpaired) electrons. The zero-order valence-corrected chi connectivity index (χ0v) is 15.5. The van der Waals surface area contributed by atoms with E-state index in [-0.39, 0.29) is 30.8 Å². The SMILES string of the molecule is Cc1cc(CC(=O)N2CC(C)C[C@H]2C(=O)OCc2ccc(Cl)cc2)on1. The van der Waals surface area contributed by atoms with Crippen molar-refractivity contribution < 1.29 is 18.8 Å². The zero-order valence-electron chi connectivity index (χ0n) is 14.8. The molecule has 1 aromatic heterocycles. The number of hydrogen-bond acceptors (Lipinski definition) is 5. The van der Waals surface area contributed by atoms with Crippen molar-refractivity contribution in [3.05, 3.63) is 52.4 Å². The van der Waals surface area contributed by atoms with Gasteiger partial charge in [-0.2, -0.15) is 0 Å². The molecule has 7 heteroatoms.